The van der Waals surface area contributed by atoms with Crippen LogP contribution in [-0.2, 0) is 15.7 Å². The van der Waals surface area contributed by atoms with Gasteiger partial charge in [-0.3, -0.25) is 4.79 Å². The highest BCUT2D eigenvalue weighted by Gasteiger charge is 2.31. The van der Waals surface area contributed by atoms with E-state index in [1.165, 1.54) is 13.2 Å². The summed E-state index contributed by atoms with van der Waals surface area (Å²) in [4.78, 5) is 19.7. The summed E-state index contributed by atoms with van der Waals surface area (Å²) in [5.41, 5.74) is 0.452. The van der Waals surface area contributed by atoms with Gasteiger partial charge in [0, 0.05) is 12.1 Å². The third-order valence-electron chi connectivity index (χ3n) is 3.89. The van der Waals surface area contributed by atoms with E-state index in [2.05, 4.69) is 15.3 Å². The molecule has 0 aliphatic heterocycles. The van der Waals surface area contributed by atoms with Crippen LogP contribution in [0, 0.1) is 0 Å². The number of hydrogen-bond donors (Lipinski definition) is 2. The Morgan fingerprint density at radius 1 is 1.23 bits per heavy atom. The first kappa shape index (κ1) is 22.3. The van der Waals surface area contributed by atoms with Crippen molar-refractivity contribution in [3.05, 3.63) is 47.0 Å². The van der Waals surface area contributed by atoms with E-state index >= 15 is 0 Å². The highest BCUT2D eigenvalue weighted by molar-refractivity contribution is 7.99. The number of amides is 1. The summed E-state index contributed by atoms with van der Waals surface area (Å²) in [7, 11) is 1.47. The lowest BCUT2D eigenvalue weighted by molar-refractivity contribution is -0.137. The molecule has 2 aromatic carbocycles. The summed E-state index contributed by atoms with van der Waals surface area (Å²) in [5.74, 6) is -0.451. The number of hydrogen-bond acceptors (Lipinski definition) is 5. The minimum absolute atomic E-state index is 0.0667. The van der Waals surface area contributed by atoms with Crippen molar-refractivity contribution < 1.29 is 27.4 Å². The molecule has 3 rings (SSSR count). The first-order valence-corrected chi connectivity index (χ1v) is 10.0. The molecule has 0 atom stereocenters. The molecule has 0 unspecified atom stereocenters. The highest BCUT2D eigenvalue weighted by atomic mass is 35.5. The van der Waals surface area contributed by atoms with Gasteiger partial charge in [0.1, 0.15) is 12.4 Å². The third kappa shape index (κ3) is 5.80. The molecule has 6 nitrogen and oxygen atoms in total. The molecule has 1 amide bonds. The number of alkyl halides is 3. The molecule has 0 spiro atoms. The number of halogens is 4. The Balaban J connectivity index is 1.69. The van der Waals surface area contributed by atoms with Crippen LogP contribution >= 0.6 is 23.4 Å². The van der Waals surface area contributed by atoms with Crippen LogP contribution in [-0.4, -0.2) is 42.0 Å². The molecule has 160 valence electrons. The van der Waals surface area contributed by atoms with Crippen molar-refractivity contribution in [3.8, 4) is 5.75 Å². The fourth-order valence-corrected chi connectivity index (χ4v) is 3.37. The Labute approximate surface area is 179 Å². The topological polar surface area (TPSA) is 76.2 Å². The second kappa shape index (κ2) is 9.59. The number of thioether (sulfide) groups is 1. The van der Waals surface area contributed by atoms with Gasteiger partial charge >= 0.3 is 6.18 Å². The molecule has 0 aliphatic rings. The maximum Gasteiger partial charge on any atom is 0.416 e. The summed E-state index contributed by atoms with van der Waals surface area (Å²) in [5, 5.41) is 3.51. The van der Waals surface area contributed by atoms with Gasteiger partial charge in [0.25, 0.3) is 0 Å². The Morgan fingerprint density at radius 3 is 2.77 bits per heavy atom. The van der Waals surface area contributed by atoms with Gasteiger partial charge in [-0.25, -0.2) is 4.98 Å². The summed E-state index contributed by atoms with van der Waals surface area (Å²) in [6.45, 7) is 0.376. The van der Waals surface area contributed by atoms with Gasteiger partial charge in [-0.15, -0.1) is 0 Å². The summed E-state index contributed by atoms with van der Waals surface area (Å²) in [6, 6.07) is 8.06. The number of anilines is 1. The summed E-state index contributed by atoms with van der Waals surface area (Å²) in [6.07, 6.45) is -4.55. The zero-order valence-corrected chi connectivity index (χ0v) is 17.2. The van der Waals surface area contributed by atoms with Crippen molar-refractivity contribution in [2.24, 2.45) is 0 Å². The Hall–Kier alpha value is -2.43. The van der Waals surface area contributed by atoms with Crippen LogP contribution < -0.4 is 10.1 Å². The average molecular weight is 460 g/mol. The van der Waals surface area contributed by atoms with E-state index in [0.717, 1.165) is 29.4 Å². The van der Waals surface area contributed by atoms with E-state index in [0.29, 0.717) is 15.7 Å². The number of imidazole rings is 1. The minimum atomic E-state index is -4.55. The number of ether oxygens (including phenoxy) is 2. The molecule has 3 aromatic rings. The van der Waals surface area contributed by atoms with Gasteiger partial charge in [-0.1, -0.05) is 23.4 Å². The number of aromatic amines is 1. The van der Waals surface area contributed by atoms with E-state index in [4.69, 9.17) is 21.1 Å². The second-order valence-corrected chi connectivity index (χ2v) is 7.49. The van der Waals surface area contributed by atoms with Crippen molar-refractivity contribution in [1.29, 1.82) is 0 Å². The molecule has 0 radical (unpaired) electrons. The van der Waals surface area contributed by atoms with Crippen LogP contribution in [0.15, 0.2) is 41.6 Å². The standard InChI is InChI=1S/C19H17ClF3N3O3S/c1-28-6-7-29-16-5-2-11(19(21,22)23)8-15(16)24-17(27)10-30-18-25-13-4-3-12(20)9-14(13)26-18/h2-5,8-9H,6-7,10H2,1H3,(H,24,27)(H,25,26). The Bertz CT molecular complexity index is 1040. The Morgan fingerprint density at radius 2 is 2.03 bits per heavy atom. The van der Waals surface area contributed by atoms with Crippen LogP contribution in [0.4, 0.5) is 18.9 Å². The van der Waals surface area contributed by atoms with Crippen LogP contribution in [0.2, 0.25) is 5.02 Å². The molecule has 0 bridgehead atoms. The van der Waals surface area contributed by atoms with Crippen molar-refractivity contribution in [3.63, 3.8) is 0 Å². The number of rotatable bonds is 8. The number of methoxy groups -OCH3 is 1. The molecule has 0 saturated heterocycles. The SMILES string of the molecule is COCCOc1ccc(C(F)(F)F)cc1NC(=O)CSc1nc2ccc(Cl)cc2[nH]1. The fourth-order valence-electron chi connectivity index (χ4n) is 2.51. The summed E-state index contributed by atoms with van der Waals surface area (Å²) >= 11 is 7.04. The van der Waals surface area contributed by atoms with E-state index in [1.807, 2.05) is 0 Å². The predicted octanol–water partition coefficient (Wildman–Crippen LogP) is 4.99. The third-order valence-corrected chi connectivity index (χ3v) is 5.00. The Kier molecular flexibility index (Phi) is 7.11. The van der Waals surface area contributed by atoms with Gasteiger partial charge in [0.05, 0.1) is 34.6 Å². The first-order valence-electron chi connectivity index (χ1n) is 8.67. The maximum absolute atomic E-state index is 13.0. The molecular formula is C19H17ClF3N3O3S. The zero-order valence-electron chi connectivity index (χ0n) is 15.7. The zero-order chi connectivity index (χ0) is 21.7. The van der Waals surface area contributed by atoms with Crippen LogP contribution in [0.5, 0.6) is 5.75 Å². The molecule has 30 heavy (non-hydrogen) atoms. The lowest BCUT2D eigenvalue weighted by Crippen LogP contribution is -2.17. The van der Waals surface area contributed by atoms with Crippen molar-refractivity contribution in [2.45, 2.75) is 11.3 Å². The maximum atomic E-state index is 13.0. The smallest absolute Gasteiger partial charge is 0.416 e. The van der Waals surface area contributed by atoms with E-state index < -0.39 is 17.6 Å². The lowest BCUT2D eigenvalue weighted by Gasteiger charge is -2.15. The minimum Gasteiger partial charge on any atom is -0.489 e. The quantitative estimate of drug-likeness (QED) is 0.366. The van der Waals surface area contributed by atoms with E-state index in [-0.39, 0.29) is 30.4 Å². The molecule has 0 saturated carbocycles. The van der Waals surface area contributed by atoms with Crippen molar-refractivity contribution in [2.75, 3.05) is 31.4 Å². The fraction of sp³-hybridized carbons (Fsp3) is 0.263. The molecule has 11 heteroatoms. The number of nitrogens with one attached hydrogen (secondary N) is 2. The van der Waals surface area contributed by atoms with Crippen LogP contribution in [0.3, 0.4) is 0 Å². The van der Waals surface area contributed by atoms with Gasteiger partial charge in [-0.2, -0.15) is 13.2 Å². The van der Waals surface area contributed by atoms with Crippen LogP contribution in [0.25, 0.3) is 11.0 Å². The lowest BCUT2D eigenvalue weighted by atomic mass is 10.1. The molecule has 2 N–H and O–H groups in total. The number of H-pyrrole nitrogens is 1. The van der Waals surface area contributed by atoms with E-state index in [9.17, 15) is 18.0 Å². The van der Waals surface area contributed by atoms with Gasteiger partial charge in [0.2, 0.25) is 5.91 Å². The largest absolute Gasteiger partial charge is 0.489 e. The number of nitrogens with zero attached hydrogens (tertiary/aromatic N) is 1. The number of fused-ring (bicyclic) bond motifs is 1. The molecule has 1 heterocycles. The summed E-state index contributed by atoms with van der Waals surface area (Å²) < 4.78 is 49.4. The predicted molar refractivity (Wildman–Crippen MR) is 109 cm³/mol. The van der Waals surface area contributed by atoms with E-state index in [1.54, 1.807) is 18.2 Å². The normalized spacial score (nSPS) is 11.6. The molecular weight excluding hydrogens is 443 g/mol. The van der Waals surface area contributed by atoms with Gasteiger partial charge in [-0.05, 0) is 36.4 Å². The van der Waals surface area contributed by atoms with Crippen molar-refractivity contribution >= 4 is 46.0 Å². The second-order valence-electron chi connectivity index (χ2n) is 6.09. The monoisotopic (exact) mass is 459 g/mol. The molecule has 0 fully saturated rings. The van der Waals surface area contributed by atoms with Crippen LogP contribution in [0.1, 0.15) is 5.56 Å². The number of carbonyl (C=O) groups excluding carboxylic acids is 1. The number of aromatic nitrogens is 2. The first-order chi connectivity index (χ1) is 14.3. The van der Waals surface area contributed by atoms with Gasteiger partial charge in [0.15, 0.2) is 5.16 Å². The van der Waals surface area contributed by atoms with Gasteiger partial charge < -0.3 is 19.8 Å². The average Bonchev–Trinajstić information content (AvgIpc) is 3.09. The molecule has 1 aromatic heterocycles. The number of benzene rings is 2. The molecule has 0 aliphatic carbocycles. The number of carbonyl (C=O) groups is 1. The van der Waals surface area contributed by atoms with Crippen molar-refractivity contribution in [1.82, 2.24) is 9.97 Å². The highest BCUT2D eigenvalue weighted by Crippen LogP contribution is 2.35.